The number of benzene rings is 1. The number of nitrogens with zero attached hydrogens (tertiary/aromatic N) is 2. The molecule has 20 heavy (non-hydrogen) atoms. The quantitative estimate of drug-likeness (QED) is 0.865. The van der Waals surface area contributed by atoms with Crippen molar-refractivity contribution in [3.05, 3.63) is 29.8 Å². The summed E-state index contributed by atoms with van der Waals surface area (Å²) in [5.41, 5.74) is 6.89. The third-order valence-electron chi connectivity index (χ3n) is 3.82. The second kappa shape index (κ2) is 6.40. The van der Waals surface area contributed by atoms with Crippen LogP contribution >= 0.6 is 0 Å². The lowest BCUT2D eigenvalue weighted by atomic mass is 9.94. The largest absolute Gasteiger partial charge is 0.330 e. The van der Waals surface area contributed by atoms with E-state index in [1.807, 2.05) is 4.90 Å². The molecule has 0 saturated carbocycles. The molecule has 5 heteroatoms. The molecule has 0 spiro atoms. The number of carbonyl (C=O) groups is 1. The molecule has 1 aromatic rings. The predicted octanol–water partition coefficient (Wildman–Crippen LogP) is 2.15. The van der Waals surface area contributed by atoms with Gasteiger partial charge in [0.2, 0.25) is 0 Å². The summed E-state index contributed by atoms with van der Waals surface area (Å²) in [7, 11) is 0. The van der Waals surface area contributed by atoms with E-state index in [1.165, 1.54) is 0 Å². The van der Waals surface area contributed by atoms with Gasteiger partial charge in [-0.25, -0.2) is 4.79 Å². The first kappa shape index (κ1) is 14.4. The third kappa shape index (κ3) is 3.28. The lowest BCUT2D eigenvalue weighted by molar-refractivity contribution is 0.144. The van der Waals surface area contributed by atoms with E-state index in [-0.39, 0.29) is 12.1 Å². The minimum absolute atomic E-state index is 0.120. The summed E-state index contributed by atoms with van der Waals surface area (Å²) in [5.74, 6) is 0.377. The number of amides is 2. The number of carbonyl (C=O) groups excluding carboxylic acids is 1. The Morgan fingerprint density at radius 2 is 2.35 bits per heavy atom. The maximum absolute atomic E-state index is 12.3. The van der Waals surface area contributed by atoms with Crippen LogP contribution in [0.5, 0.6) is 0 Å². The van der Waals surface area contributed by atoms with Gasteiger partial charge in [0.1, 0.15) is 0 Å². The Morgan fingerprint density at radius 3 is 3.05 bits per heavy atom. The zero-order valence-corrected chi connectivity index (χ0v) is 11.7. The first-order valence-electron chi connectivity index (χ1n) is 6.92. The number of anilines is 1. The molecule has 2 rings (SSSR count). The summed E-state index contributed by atoms with van der Waals surface area (Å²) in [4.78, 5) is 14.2. The molecule has 1 saturated heterocycles. The lowest BCUT2D eigenvalue weighted by Gasteiger charge is -2.37. The highest BCUT2D eigenvalue weighted by Gasteiger charge is 2.28. The molecule has 0 aliphatic carbocycles. The van der Waals surface area contributed by atoms with Crippen molar-refractivity contribution in [3.8, 4) is 6.07 Å². The molecule has 2 unspecified atom stereocenters. The maximum Gasteiger partial charge on any atom is 0.322 e. The van der Waals surface area contributed by atoms with Crippen LogP contribution in [0.25, 0.3) is 0 Å². The molecule has 1 aromatic carbocycles. The number of hydrogen-bond acceptors (Lipinski definition) is 3. The smallest absolute Gasteiger partial charge is 0.322 e. The van der Waals surface area contributed by atoms with Crippen molar-refractivity contribution in [3.63, 3.8) is 0 Å². The Kier molecular flexibility index (Phi) is 4.59. The molecule has 5 nitrogen and oxygen atoms in total. The van der Waals surface area contributed by atoms with Crippen LogP contribution in [0, 0.1) is 17.2 Å². The van der Waals surface area contributed by atoms with Crippen LogP contribution in [-0.4, -0.2) is 30.1 Å². The minimum Gasteiger partial charge on any atom is -0.330 e. The lowest BCUT2D eigenvalue weighted by Crippen LogP contribution is -2.48. The van der Waals surface area contributed by atoms with Gasteiger partial charge in [0, 0.05) is 18.3 Å². The highest BCUT2D eigenvalue weighted by atomic mass is 16.2. The number of likely N-dealkylation sites (tertiary alicyclic amines) is 1. The van der Waals surface area contributed by atoms with Gasteiger partial charge in [0.05, 0.1) is 11.6 Å². The van der Waals surface area contributed by atoms with E-state index in [4.69, 9.17) is 11.0 Å². The van der Waals surface area contributed by atoms with Gasteiger partial charge in [-0.05, 0) is 50.4 Å². The number of urea groups is 1. The minimum atomic E-state index is -0.120. The first-order chi connectivity index (χ1) is 9.63. The molecule has 1 heterocycles. The zero-order chi connectivity index (χ0) is 14.5. The van der Waals surface area contributed by atoms with Crippen LogP contribution in [0.1, 0.15) is 25.3 Å². The molecular formula is C15H20N4O. The van der Waals surface area contributed by atoms with E-state index in [2.05, 4.69) is 18.3 Å². The van der Waals surface area contributed by atoms with Crippen molar-refractivity contribution in [2.24, 2.45) is 11.7 Å². The molecule has 1 aliphatic rings. The van der Waals surface area contributed by atoms with Crippen LogP contribution in [0.2, 0.25) is 0 Å². The number of rotatable bonds is 2. The van der Waals surface area contributed by atoms with E-state index < -0.39 is 0 Å². The summed E-state index contributed by atoms with van der Waals surface area (Å²) in [6, 6.07) is 9.09. The summed E-state index contributed by atoms with van der Waals surface area (Å²) in [6.07, 6.45) is 2.05. The number of nitrogens with two attached hydrogens (primary N) is 1. The molecule has 1 aliphatic heterocycles. The van der Waals surface area contributed by atoms with Gasteiger partial charge in [0.25, 0.3) is 0 Å². The van der Waals surface area contributed by atoms with Crippen LogP contribution in [-0.2, 0) is 0 Å². The van der Waals surface area contributed by atoms with Crippen molar-refractivity contribution in [1.29, 1.82) is 5.26 Å². The molecule has 0 bridgehead atoms. The number of piperidine rings is 1. The van der Waals surface area contributed by atoms with Crippen LogP contribution < -0.4 is 11.1 Å². The van der Waals surface area contributed by atoms with Crippen molar-refractivity contribution in [1.82, 2.24) is 4.90 Å². The molecule has 1 fully saturated rings. The Labute approximate surface area is 119 Å². The van der Waals surface area contributed by atoms with Crippen LogP contribution in [0.15, 0.2) is 24.3 Å². The van der Waals surface area contributed by atoms with E-state index in [1.54, 1.807) is 24.3 Å². The van der Waals surface area contributed by atoms with Crippen LogP contribution in [0.3, 0.4) is 0 Å². The van der Waals surface area contributed by atoms with Gasteiger partial charge >= 0.3 is 6.03 Å². The number of hydrogen-bond donors (Lipinski definition) is 2. The van der Waals surface area contributed by atoms with Gasteiger partial charge in [-0.1, -0.05) is 6.07 Å². The van der Waals surface area contributed by atoms with Crippen molar-refractivity contribution < 1.29 is 4.79 Å². The SMILES string of the molecule is CC1CCC(CN)CN1C(=O)Nc1cccc(C#N)c1. The Morgan fingerprint density at radius 1 is 1.55 bits per heavy atom. The predicted molar refractivity (Wildman–Crippen MR) is 78.1 cm³/mol. The number of nitrogens with one attached hydrogen (secondary N) is 1. The maximum atomic E-state index is 12.3. The Bertz CT molecular complexity index is 523. The fraction of sp³-hybridized carbons (Fsp3) is 0.467. The van der Waals surface area contributed by atoms with E-state index in [0.29, 0.717) is 30.3 Å². The molecule has 2 atom stereocenters. The summed E-state index contributed by atoms with van der Waals surface area (Å²) in [6.45, 7) is 3.36. The summed E-state index contributed by atoms with van der Waals surface area (Å²) in [5, 5.41) is 11.7. The fourth-order valence-corrected chi connectivity index (χ4v) is 2.52. The van der Waals surface area contributed by atoms with Gasteiger partial charge in [-0.3, -0.25) is 0 Å². The average Bonchev–Trinajstić information content (AvgIpc) is 2.47. The van der Waals surface area contributed by atoms with Crippen LogP contribution in [0.4, 0.5) is 10.5 Å². The van der Waals surface area contributed by atoms with E-state index in [9.17, 15) is 4.79 Å². The Balaban J connectivity index is 2.05. The molecule has 2 amide bonds. The van der Waals surface area contributed by atoms with E-state index >= 15 is 0 Å². The highest BCUT2D eigenvalue weighted by Crippen LogP contribution is 2.22. The van der Waals surface area contributed by atoms with Gasteiger partial charge in [-0.2, -0.15) is 5.26 Å². The second-order valence-electron chi connectivity index (χ2n) is 5.30. The molecule has 0 aromatic heterocycles. The van der Waals surface area contributed by atoms with Gasteiger partial charge in [0.15, 0.2) is 0 Å². The van der Waals surface area contributed by atoms with Crippen molar-refractivity contribution >= 4 is 11.7 Å². The zero-order valence-electron chi connectivity index (χ0n) is 11.7. The van der Waals surface area contributed by atoms with Crippen molar-refractivity contribution in [2.45, 2.75) is 25.8 Å². The summed E-state index contributed by atoms with van der Waals surface area (Å²) < 4.78 is 0. The molecular weight excluding hydrogens is 252 g/mol. The highest BCUT2D eigenvalue weighted by molar-refractivity contribution is 5.89. The topological polar surface area (TPSA) is 82.2 Å². The van der Waals surface area contributed by atoms with E-state index in [0.717, 1.165) is 12.8 Å². The molecule has 3 N–H and O–H groups in total. The monoisotopic (exact) mass is 272 g/mol. The average molecular weight is 272 g/mol. The molecule has 0 radical (unpaired) electrons. The van der Waals surface area contributed by atoms with Crippen molar-refractivity contribution in [2.75, 3.05) is 18.4 Å². The standard InChI is InChI=1S/C15H20N4O/c1-11-5-6-13(9-17)10-19(11)15(20)18-14-4-2-3-12(7-14)8-16/h2-4,7,11,13H,5-6,9-10,17H2,1H3,(H,18,20). The third-order valence-corrected chi connectivity index (χ3v) is 3.82. The van der Waals surface area contributed by atoms with Gasteiger partial charge < -0.3 is 16.0 Å². The summed E-state index contributed by atoms with van der Waals surface area (Å²) >= 11 is 0. The Hall–Kier alpha value is -2.06. The molecule has 106 valence electrons. The second-order valence-corrected chi connectivity index (χ2v) is 5.30. The fourth-order valence-electron chi connectivity index (χ4n) is 2.52. The van der Waals surface area contributed by atoms with Gasteiger partial charge in [-0.15, -0.1) is 0 Å². The number of nitriles is 1. The first-order valence-corrected chi connectivity index (χ1v) is 6.92. The normalized spacial score (nSPS) is 22.1.